The number of rotatable bonds is 6. The Balaban J connectivity index is 2.87. The van der Waals surface area contributed by atoms with E-state index in [0.29, 0.717) is 18.2 Å². The van der Waals surface area contributed by atoms with Crippen molar-refractivity contribution in [3.8, 4) is 6.07 Å². The van der Waals surface area contributed by atoms with Crippen molar-refractivity contribution in [2.24, 2.45) is 0 Å². The number of nitriles is 1. The van der Waals surface area contributed by atoms with Gasteiger partial charge in [-0.3, -0.25) is 0 Å². The van der Waals surface area contributed by atoms with Crippen molar-refractivity contribution >= 4 is 5.69 Å². The van der Waals surface area contributed by atoms with E-state index in [0.717, 1.165) is 17.8 Å². The second kappa shape index (κ2) is 7.00. The molecule has 0 spiro atoms. The predicted molar refractivity (Wildman–Crippen MR) is 73.5 cm³/mol. The zero-order chi connectivity index (χ0) is 13.5. The summed E-state index contributed by atoms with van der Waals surface area (Å²) in [5, 5.41) is 21.4. The van der Waals surface area contributed by atoms with Crippen LogP contribution in [0, 0.1) is 11.3 Å². The highest BCUT2D eigenvalue weighted by atomic mass is 16.3. The summed E-state index contributed by atoms with van der Waals surface area (Å²) < 4.78 is 0. The average Bonchev–Trinajstić information content (AvgIpc) is 2.36. The Hall–Kier alpha value is -1.57. The number of nitrogens with zero attached hydrogens (tertiary/aromatic N) is 2. The fourth-order valence-electron chi connectivity index (χ4n) is 1.71. The Morgan fingerprint density at radius 1 is 1.44 bits per heavy atom. The fourth-order valence-corrected chi connectivity index (χ4v) is 1.71. The summed E-state index contributed by atoms with van der Waals surface area (Å²) >= 11 is 0. The Labute approximate surface area is 109 Å². The molecular weight excluding hydrogens is 226 g/mol. The molecule has 18 heavy (non-hydrogen) atoms. The smallest absolute Gasteiger partial charge is 0.101 e. The Bertz CT molecular complexity index is 424. The molecule has 1 aromatic rings. The van der Waals surface area contributed by atoms with Crippen molar-refractivity contribution in [1.29, 1.82) is 5.26 Å². The van der Waals surface area contributed by atoms with E-state index in [1.54, 1.807) is 0 Å². The van der Waals surface area contributed by atoms with Gasteiger partial charge in [-0.05, 0) is 17.7 Å². The van der Waals surface area contributed by atoms with Gasteiger partial charge in [0, 0.05) is 26.2 Å². The normalized spacial score (nSPS) is 10.4. The molecule has 0 fully saturated rings. The fraction of sp³-hybridized carbons (Fsp3) is 0.500. The Morgan fingerprint density at radius 2 is 2.17 bits per heavy atom. The van der Waals surface area contributed by atoms with E-state index >= 15 is 0 Å². The van der Waals surface area contributed by atoms with Gasteiger partial charge in [0.25, 0.3) is 0 Å². The van der Waals surface area contributed by atoms with Gasteiger partial charge in [-0.1, -0.05) is 19.9 Å². The van der Waals surface area contributed by atoms with Gasteiger partial charge in [-0.2, -0.15) is 5.26 Å². The highest BCUT2D eigenvalue weighted by molar-refractivity contribution is 5.60. The average molecular weight is 247 g/mol. The lowest BCUT2D eigenvalue weighted by Gasteiger charge is -2.20. The van der Waals surface area contributed by atoms with Gasteiger partial charge in [-0.25, -0.2) is 0 Å². The van der Waals surface area contributed by atoms with Crippen LogP contribution in [0.15, 0.2) is 18.2 Å². The lowest BCUT2D eigenvalue weighted by atomic mass is 10.1. The molecule has 4 nitrogen and oxygen atoms in total. The molecule has 0 saturated heterocycles. The van der Waals surface area contributed by atoms with Gasteiger partial charge in [0.05, 0.1) is 17.9 Å². The Morgan fingerprint density at radius 3 is 2.72 bits per heavy atom. The van der Waals surface area contributed by atoms with Crippen LogP contribution >= 0.6 is 0 Å². The van der Waals surface area contributed by atoms with E-state index in [9.17, 15) is 5.26 Å². The van der Waals surface area contributed by atoms with Gasteiger partial charge in [-0.15, -0.1) is 0 Å². The molecule has 0 unspecified atom stereocenters. The number of aliphatic hydroxyl groups is 1. The van der Waals surface area contributed by atoms with Crippen LogP contribution in [0.3, 0.4) is 0 Å². The maximum atomic E-state index is 9.18. The molecule has 0 amide bonds. The number of likely N-dealkylation sites (N-methyl/N-ethyl adjacent to an activating group) is 1. The second-order valence-corrected chi connectivity index (χ2v) is 4.64. The molecule has 0 atom stereocenters. The largest absolute Gasteiger partial charge is 0.395 e. The van der Waals surface area contributed by atoms with Crippen LogP contribution in [0.1, 0.15) is 25.0 Å². The van der Waals surface area contributed by atoms with Crippen LogP contribution in [-0.4, -0.2) is 31.3 Å². The maximum absolute atomic E-state index is 9.18. The number of benzene rings is 1. The minimum atomic E-state index is 0.0814. The Kier molecular flexibility index (Phi) is 5.63. The van der Waals surface area contributed by atoms with E-state index in [2.05, 4.69) is 25.2 Å². The number of aliphatic hydroxyl groups excluding tert-OH is 1. The van der Waals surface area contributed by atoms with Gasteiger partial charge in [0.15, 0.2) is 0 Å². The zero-order valence-electron chi connectivity index (χ0n) is 11.3. The number of nitrogens with one attached hydrogen (secondary N) is 1. The van der Waals surface area contributed by atoms with E-state index in [1.165, 1.54) is 0 Å². The van der Waals surface area contributed by atoms with E-state index < -0.39 is 0 Å². The van der Waals surface area contributed by atoms with E-state index in [1.807, 2.05) is 30.1 Å². The highest BCUT2D eigenvalue weighted by Crippen LogP contribution is 2.20. The summed E-state index contributed by atoms with van der Waals surface area (Å²) in [6.45, 7) is 5.55. The van der Waals surface area contributed by atoms with Crippen molar-refractivity contribution in [3.05, 3.63) is 29.3 Å². The third-order valence-corrected chi connectivity index (χ3v) is 2.74. The summed E-state index contributed by atoms with van der Waals surface area (Å²) in [5.74, 6) is 0. The number of hydrogen-bond acceptors (Lipinski definition) is 4. The first-order chi connectivity index (χ1) is 8.58. The molecule has 2 N–H and O–H groups in total. The number of hydrogen-bond donors (Lipinski definition) is 2. The molecule has 0 aromatic heterocycles. The molecule has 98 valence electrons. The van der Waals surface area contributed by atoms with Crippen molar-refractivity contribution in [1.82, 2.24) is 5.32 Å². The summed E-state index contributed by atoms with van der Waals surface area (Å²) in [6.07, 6.45) is 0. The van der Waals surface area contributed by atoms with Gasteiger partial charge in [0.1, 0.15) is 6.07 Å². The maximum Gasteiger partial charge on any atom is 0.101 e. The van der Waals surface area contributed by atoms with Crippen LogP contribution in [0.2, 0.25) is 0 Å². The third-order valence-electron chi connectivity index (χ3n) is 2.74. The zero-order valence-corrected chi connectivity index (χ0v) is 11.3. The minimum Gasteiger partial charge on any atom is -0.395 e. The molecule has 1 rings (SSSR count). The quantitative estimate of drug-likeness (QED) is 0.799. The predicted octanol–water partition coefficient (Wildman–Crippen LogP) is 1.48. The molecule has 1 aromatic carbocycles. The van der Waals surface area contributed by atoms with Gasteiger partial charge >= 0.3 is 0 Å². The van der Waals surface area contributed by atoms with Crippen molar-refractivity contribution in [2.45, 2.75) is 26.4 Å². The lowest BCUT2D eigenvalue weighted by Crippen LogP contribution is -2.23. The second-order valence-electron chi connectivity index (χ2n) is 4.64. The molecule has 0 aliphatic heterocycles. The molecule has 0 bridgehead atoms. The van der Waals surface area contributed by atoms with Crippen LogP contribution in [0.25, 0.3) is 0 Å². The first kappa shape index (κ1) is 14.5. The molecule has 0 aliphatic rings. The van der Waals surface area contributed by atoms with Gasteiger partial charge < -0.3 is 15.3 Å². The monoisotopic (exact) mass is 247 g/mol. The van der Waals surface area contributed by atoms with Crippen LogP contribution in [0.4, 0.5) is 5.69 Å². The highest BCUT2D eigenvalue weighted by Gasteiger charge is 2.08. The third kappa shape index (κ3) is 4.02. The molecular formula is C14H21N3O. The molecule has 0 heterocycles. The molecule has 0 radical (unpaired) electrons. The number of anilines is 1. The molecule has 4 heteroatoms. The molecule has 0 saturated carbocycles. The van der Waals surface area contributed by atoms with Crippen molar-refractivity contribution in [2.75, 3.05) is 25.1 Å². The minimum absolute atomic E-state index is 0.0814. The topological polar surface area (TPSA) is 59.3 Å². The summed E-state index contributed by atoms with van der Waals surface area (Å²) in [5.41, 5.74) is 2.61. The summed E-state index contributed by atoms with van der Waals surface area (Å²) in [7, 11) is 1.87. The standard InChI is InChI=1S/C14H21N3O/c1-11(2)16-10-12-4-5-14(13(8-12)9-15)17(3)6-7-18/h4-5,8,11,16,18H,6-7,10H2,1-3H3. The summed E-state index contributed by atoms with van der Waals surface area (Å²) in [4.78, 5) is 1.89. The van der Waals surface area contributed by atoms with Gasteiger partial charge in [0.2, 0.25) is 0 Å². The van der Waals surface area contributed by atoms with Crippen molar-refractivity contribution < 1.29 is 5.11 Å². The van der Waals surface area contributed by atoms with Crippen LogP contribution < -0.4 is 10.2 Å². The van der Waals surface area contributed by atoms with Crippen LogP contribution in [-0.2, 0) is 6.54 Å². The lowest BCUT2D eigenvalue weighted by molar-refractivity contribution is 0.304. The van der Waals surface area contributed by atoms with Crippen molar-refractivity contribution in [3.63, 3.8) is 0 Å². The first-order valence-corrected chi connectivity index (χ1v) is 6.17. The first-order valence-electron chi connectivity index (χ1n) is 6.17. The van der Waals surface area contributed by atoms with E-state index in [-0.39, 0.29) is 6.61 Å². The van der Waals surface area contributed by atoms with E-state index in [4.69, 9.17) is 5.11 Å². The summed E-state index contributed by atoms with van der Waals surface area (Å²) in [6, 6.07) is 8.49. The van der Waals surface area contributed by atoms with Crippen LogP contribution in [0.5, 0.6) is 0 Å². The molecule has 0 aliphatic carbocycles. The SMILES string of the molecule is CC(C)NCc1ccc(N(C)CCO)c(C#N)c1.